The Morgan fingerprint density at radius 1 is 0.750 bits per heavy atom. The Balaban J connectivity index is 1.43. The quantitative estimate of drug-likeness (QED) is 0.313. The molecule has 3 rings (SSSR count). The summed E-state index contributed by atoms with van der Waals surface area (Å²) in [4.78, 5) is 36.9. The maximum absolute atomic E-state index is 12.7. The molecule has 0 fully saturated rings. The van der Waals surface area contributed by atoms with E-state index in [9.17, 15) is 14.4 Å². The molecule has 1 atom stereocenters. The molecule has 0 spiro atoms. The predicted octanol–water partition coefficient (Wildman–Crippen LogP) is 4.28. The van der Waals surface area contributed by atoms with Crippen LogP contribution >= 0.6 is 0 Å². The molecule has 0 aliphatic heterocycles. The van der Waals surface area contributed by atoms with E-state index in [1.165, 1.54) is 0 Å². The first-order chi connectivity index (χ1) is 17.5. The number of amides is 3. The second-order valence-corrected chi connectivity index (χ2v) is 8.55. The smallest absolute Gasteiger partial charge is 0.407 e. The Morgan fingerprint density at radius 3 is 1.86 bits per heavy atom. The summed E-state index contributed by atoms with van der Waals surface area (Å²) in [7, 11) is 0. The summed E-state index contributed by atoms with van der Waals surface area (Å²) in [6.45, 7) is 0.685. The number of rotatable bonds is 13. The highest BCUT2D eigenvalue weighted by molar-refractivity contribution is 5.88. The number of ether oxygens (including phenoxy) is 1. The number of alkyl carbamates (subject to hydrolysis) is 1. The van der Waals surface area contributed by atoms with Crippen LogP contribution in [0.4, 0.5) is 4.79 Å². The molecule has 0 aromatic heterocycles. The van der Waals surface area contributed by atoms with Gasteiger partial charge in [-0.2, -0.15) is 0 Å². The Labute approximate surface area is 212 Å². The highest BCUT2D eigenvalue weighted by Crippen LogP contribution is 2.28. The molecule has 7 heteroatoms. The summed E-state index contributed by atoms with van der Waals surface area (Å²) >= 11 is 0. The van der Waals surface area contributed by atoms with Crippen LogP contribution < -0.4 is 16.4 Å². The van der Waals surface area contributed by atoms with Gasteiger partial charge in [0.15, 0.2) is 0 Å². The lowest BCUT2D eigenvalue weighted by Crippen LogP contribution is -2.48. The monoisotopic (exact) mass is 487 g/mol. The van der Waals surface area contributed by atoms with E-state index in [0.717, 1.165) is 23.1 Å². The molecule has 0 saturated heterocycles. The molecule has 0 radical (unpaired) electrons. The topological polar surface area (TPSA) is 111 Å². The number of benzene rings is 3. The first-order valence-corrected chi connectivity index (χ1v) is 12.2. The zero-order chi connectivity index (χ0) is 25.6. The first-order valence-electron chi connectivity index (χ1n) is 12.2. The summed E-state index contributed by atoms with van der Waals surface area (Å²) in [6, 6.07) is 27.7. The summed E-state index contributed by atoms with van der Waals surface area (Å²) in [5, 5.41) is 5.57. The van der Waals surface area contributed by atoms with Crippen LogP contribution in [-0.2, 0) is 20.9 Å². The normalized spacial score (nSPS) is 11.5. The van der Waals surface area contributed by atoms with Crippen molar-refractivity contribution in [3.63, 3.8) is 0 Å². The number of hydrogen-bond acceptors (Lipinski definition) is 4. The van der Waals surface area contributed by atoms with Crippen LogP contribution in [0.5, 0.6) is 0 Å². The van der Waals surface area contributed by atoms with Gasteiger partial charge < -0.3 is 21.1 Å². The molecule has 0 saturated carbocycles. The van der Waals surface area contributed by atoms with E-state index in [1.807, 2.05) is 91.0 Å². The van der Waals surface area contributed by atoms with Gasteiger partial charge in [-0.05, 0) is 29.5 Å². The molecular weight excluding hydrogens is 454 g/mol. The van der Waals surface area contributed by atoms with Crippen molar-refractivity contribution in [2.75, 3.05) is 6.54 Å². The van der Waals surface area contributed by atoms with Crippen LogP contribution in [0.25, 0.3) is 0 Å². The minimum atomic E-state index is -0.872. The van der Waals surface area contributed by atoms with Crippen molar-refractivity contribution in [3.05, 3.63) is 108 Å². The molecule has 0 unspecified atom stereocenters. The van der Waals surface area contributed by atoms with Crippen LogP contribution in [0.15, 0.2) is 91.0 Å². The molecule has 4 N–H and O–H groups in total. The molecular formula is C29H33N3O4. The van der Waals surface area contributed by atoms with Crippen LogP contribution in [0.2, 0.25) is 0 Å². The van der Waals surface area contributed by atoms with Gasteiger partial charge in [0.25, 0.3) is 0 Å². The van der Waals surface area contributed by atoms with Gasteiger partial charge in [0, 0.05) is 18.9 Å². The minimum Gasteiger partial charge on any atom is -0.445 e. The standard InChI is InChI=1S/C29H33N3O4/c30-28(34)27(26(23-15-7-2-8-16-23)24-17-9-3-10-18-24)32-25(33)19-11-4-12-20-31-29(35)36-21-22-13-5-1-6-14-22/h1-3,5-10,13-18,26-27H,4,11-12,19-21H2,(H2,30,34)(H,31,35)(H,32,33)/t27-/m0/s1. The zero-order valence-electron chi connectivity index (χ0n) is 20.3. The predicted molar refractivity (Wildman–Crippen MR) is 139 cm³/mol. The fraction of sp³-hybridized carbons (Fsp3) is 0.276. The fourth-order valence-corrected chi connectivity index (χ4v) is 4.01. The molecule has 0 aliphatic rings. The van der Waals surface area contributed by atoms with Crippen molar-refractivity contribution in [3.8, 4) is 0 Å². The zero-order valence-corrected chi connectivity index (χ0v) is 20.3. The highest BCUT2D eigenvalue weighted by Gasteiger charge is 2.30. The largest absolute Gasteiger partial charge is 0.445 e. The van der Waals surface area contributed by atoms with Gasteiger partial charge in [0.05, 0.1) is 0 Å². The number of carbonyl (C=O) groups excluding carboxylic acids is 3. The molecule has 0 heterocycles. The van der Waals surface area contributed by atoms with Crippen molar-refractivity contribution in [1.82, 2.24) is 10.6 Å². The number of hydrogen-bond donors (Lipinski definition) is 3. The molecule has 7 nitrogen and oxygen atoms in total. The van der Waals surface area contributed by atoms with Crippen molar-refractivity contribution in [2.24, 2.45) is 5.73 Å². The van der Waals surface area contributed by atoms with Gasteiger partial charge in [0.1, 0.15) is 12.6 Å². The number of nitrogens with two attached hydrogens (primary N) is 1. The minimum absolute atomic E-state index is 0.223. The summed E-state index contributed by atoms with van der Waals surface area (Å²) in [6.07, 6.45) is 1.88. The Kier molecular flexibility index (Phi) is 10.5. The lowest BCUT2D eigenvalue weighted by Gasteiger charge is -2.27. The average Bonchev–Trinajstić information content (AvgIpc) is 2.91. The maximum Gasteiger partial charge on any atom is 0.407 e. The van der Waals surface area contributed by atoms with Gasteiger partial charge in [-0.3, -0.25) is 9.59 Å². The van der Waals surface area contributed by atoms with E-state index in [4.69, 9.17) is 10.5 Å². The number of carbonyl (C=O) groups is 3. The van der Waals surface area contributed by atoms with Gasteiger partial charge in [-0.1, -0.05) is 97.4 Å². The van der Waals surface area contributed by atoms with Gasteiger partial charge >= 0.3 is 6.09 Å². The van der Waals surface area contributed by atoms with Gasteiger partial charge in [-0.15, -0.1) is 0 Å². The van der Waals surface area contributed by atoms with Crippen LogP contribution in [0.1, 0.15) is 48.3 Å². The number of primary amides is 1. The Morgan fingerprint density at radius 2 is 1.31 bits per heavy atom. The van der Waals surface area contributed by atoms with E-state index in [2.05, 4.69) is 10.6 Å². The maximum atomic E-state index is 12.7. The van der Waals surface area contributed by atoms with Crippen molar-refractivity contribution in [1.29, 1.82) is 0 Å². The SMILES string of the molecule is NC(=O)[C@@H](NC(=O)CCCCCNC(=O)OCc1ccccc1)C(c1ccccc1)c1ccccc1. The molecule has 3 amide bonds. The molecule has 3 aromatic rings. The Hall–Kier alpha value is -4.13. The van der Waals surface area contributed by atoms with Gasteiger partial charge in [0.2, 0.25) is 11.8 Å². The number of nitrogens with one attached hydrogen (secondary N) is 2. The van der Waals surface area contributed by atoms with Crippen molar-refractivity contribution >= 4 is 17.9 Å². The van der Waals surface area contributed by atoms with Crippen LogP contribution in [0, 0.1) is 0 Å². The highest BCUT2D eigenvalue weighted by atomic mass is 16.5. The third-order valence-electron chi connectivity index (χ3n) is 5.84. The second kappa shape index (κ2) is 14.3. The van der Waals surface area contributed by atoms with E-state index >= 15 is 0 Å². The van der Waals surface area contributed by atoms with E-state index in [1.54, 1.807) is 0 Å². The van der Waals surface area contributed by atoms with E-state index in [0.29, 0.717) is 19.4 Å². The molecule has 36 heavy (non-hydrogen) atoms. The average molecular weight is 488 g/mol. The summed E-state index contributed by atoms with van der Waals surface area (Å²) < 4.78 is 5.18. The van der Waals surface area contributed by atoms with Crippen molar-refractivity contribution in [2.45, 2.75) is 44.2 Å². The third-order valence-corrected chi connectivity index (χ3v) is 5.84. The second-order valence-electron chi connectivity index (χ2n) is 8.55. The first kappa shape index (κ1) is 26.5. The summed E-state index contributed by atoms with van der Waals surface area (Å²) in [5.74, 6) is -1.20. The number of unbranched alkanes of at least 4 members (excludes halogenated alkanes) is 2. The van der Waals surface area contributed by atoms with E-state index in [-0.39, 0.29) is 24.9 Å². The fourth-order valence-electron chi connectivity index (χ4n) is 4.01. The lowest BCUT2D eigenvalue weighted by atomic mass is 9.84. The van der Waals surface area contributed by atoms with Crippen LogP contribution in [-0.4, -0.2) is 30.5 Å². The molecule has 188 valence electrons. The molecule has 0 bridgehead atoms. The molecule has 3 aromatic carbocycles. The van der Waals surface area contributed by atoms with E-state index < -0.39 is 18.0 Å². The van der Waals surface area contributed by atoms with Crippen molar-refractivity contribution < 1.29 is 19.1 Å². The Bertz CT molecular complexity index is 1050. The van der Waals surface area contributed by atoms with Crippen LogP contribution in [0.3, 0.4) is 0 Å². The summed E-state index contributed by atoms with van der Waals surface area (Å²) in [5.41, 5.74) is 8.47. The lowest BCUT2D eigenvalue weighted by molar-refractivity contribution is -0.127. The third kappa shape index (κ3) is 8.58. The van der Waals surface area contributed by atoms with Gasteiger partial charge in [-0.25, -0.2) is 4.79 Å². The molecule has 0 aliphatic carbocycles.